The maximum Gasteiger partial charge on any atom is 0.170 e. The molecule has 3 aromatic heterocycles. The van der Waals surface area contributed by atoms with E-state index in [4.69, 9.17) is 28.6 Å². The Morgan fingerprint density at radius 2 is 1.94 bits per heavy atom. The topological polar surface area (TPSA) is 58.5 Å². The SMILES string of the molecule is S=C1N[C@H](c2ccccn2)[C@@H](c2cccn2-c2ccc(Cl)cn2)N1CCN1CCOCC1. The molecule has 5 heterocycles. The summed E-state index contributed by atoms with van der Waals surface area (Å²) in [4.78, 5) is 13.9. The van der Waals surface area contributed by atoms with Crippen LogP contribution < -0.4 is 5.32 Å². The average Bonchev–Trinajstić information content (AvgIpc) is 3.43. The molecular weight excluding hydrogens is 444 g/mol. The van der Waals surface area contributed by atoms with Crippen LogP contribution in [0.15, 0.2) is 61.1 Å². The number of aromatic nitrogens is 3. The van der Waals surface area contributed by atoms with Gasteiger partial charge >= 0.3 is 0 Å². The lowest BCUT2D eigenvalue weighted by Gasteiger charge is -2.32. The molecule has 0 radical (unpaired) electrons. The van der Waals surface area contributed by atoms with Gasteiger partial charge in [0.1, 0.15) is 5.82 Å². The second-order valence-electron chi connectivity index (χ2n) is 7.91. The molecule has 2 aliphatic rings. The van der Waals surface area contributed by atoms with Crippen LogP contribution in [-0.2, 0) is 4.74 Å². The molecule has 2 atom stereocenters. The largest absolute Gasteiger partial charge is 0.379 e. The summed E-state index contributed by atoms with van der Waals surface area (Å²) in [5.74, 6) is 0.820. The standard InChI is InChI=1S/C23H25ClN6OS/c24-17-6-7-20(26-16-17)29-9-3-5-19(29)22-21(18-4-1-2-8-25-18)27-23(32)30(22)11-10-28-12-14-31-15-13-28/h1-9,16,21-22H,10-15H2,(H,27,32)/t21-,22-/m1/s1. The second kappa shape index (κ2) is 9.54. The Morgan fingerprint density at radius 3 is 2.69 bits per heavy atom. The number of nitrogens with one attached hydrogen (secondary N) is 1. The highest BCUT2D eigenvalue weighted by atomic mass is 35.5. The smallest absolute Gasteiger partial charge is 0.170 e. The highest BCUT2D eigenvalue weighted by Crippen LogP contribution is 2.39. The van der Waals surface area contributed by atoms with E-state index in [1.54, 1.807) is 6.20 Å². The van der Waals surface area contributed by atoms with E-state index in [-0.39, 0.29) is 12.1 Å². The molecule has 0 saturated carbocycles. The van der Waals surface area contributed by atoms with Crippen molar-refractivity contribution in [2.45, 2.75) is 12.1 Å². The molecule has 1 N–H and O–H groups in total. The quantitative estimate of drug-likeness (QED) is 0.557. The first-order chi connectivity index (χ1) is 15.7. The lowest BCUT2D eigenvalue weighted by molar-refractivity contribution is 0.0349. The molecule has 2 fully saturated rings. The van der Waals surface area contributed by atoms with Gasteiger partial charge in [-0.25, -0.2) is 4.98 Å². The van der Waals surface area contributed by atoms with Gasteiger partial charge in [0.15, 0.2) is 5.11 Å². The first-order valence-corrected chi connectivity index (χ1v) is 11.6. The minimum absolute atomic E-state index is 0.0223. The molecule has 0 aromatic carbocycles. The van der Waals surface area contributed by atoms with Crippen LogP contribution in [0.1, 0.15) is 23.5 Å². The molecule has 9 heteroatoms. The highest BCUT2D eigenvalue weighted by molar-refractivity contribution is 7.80. The summed E-state index contributed by atoms with van der Waals surface area (Å²) in [6.45, 7) is 5.22. The van der Waals surface area contributed by atoms with Gasteiger partial charge in [-0.1, -0.05) is 17.7 Å². The van der Waals surface area contributed by atoms with Crippen molar-refractivity contribution < 1.29 is 4.74 Å². The molecule has 2 aliphatic heterocycles. The fraction of sp³-hybridized carbons (Fsp3) is 0.348. The highest BCUT2D eigenvalue weighted by Gasteiger charge is 2.41. The first-order valence-electron chi connectivity index (χ1n) is 10.8. The summed E-state index contributed by atoms with van der Waals surface area (Å²) in [7, 11) is 0. The maximum absolute atomic E-state index is 6.07. The van der Waals surface area contributed by atoms with Crippen LogP contribution >= 0.6 is 23.8 Å². The Kier molecular flexibility index (Phi) is 6.36. The van der Waals surface area contributed by atoms with Gasteiger partial charge < -0.3 is 19.5 Å². The van der Waals surface area contributed by atoms with Gasteiger partial charge in [0.05, 0.1) is 36.0 Å². The summed E-state index contributed by atoms with van der Waals surface area (Å²) < 4.78 is 7.60. The Bertz CT molecular complexity index is 1050. The van der Waals surface area contributed by atoms with Gasteiger partial charge in [-0.3, -0.25) is 9.88 Å². The zero-order valence-electron chi connectivity index (χ0n) is 17.6. The molecule has 166 valence electrons. The minimum Gasteiger partial charge on any atom is -0.379 e. The minimum atomic E-state index is -0.0608. The summed E-state index contributed by atoms with van der Waals surface area (Å²) >= 11 is 11.9. The molecule has 5 rings (SSSR count). The molecule has 0 bridgehead atoms. The predicted octanol–water partition coefficient (Wildman–Crippen LogP) is 3.23. The van der Waals surface area contributed by atoms with Crippen molar-refractivity contribution in [1.82, 2.24) is 29.7 Å². The van der Waals surface area contributed by atoms with Crippen LogP contribution in [0.25, 0.3) is 5.82 Å². The lowest BCUT2D eigenvalue weighted by Crippen LogP contribution is -2.42. The van der Waals surface area contributed by atoms with Crippen molar-refractivity contribution in [2.24, 2.45) is 0 Å². The van der Waals surface area contributed by atoms with Crippen LogP contribution in [0.3, 0.4) is 0 Å². The van der Waals surface area contributed by atoms with Crippen molar-refractivity contribution in [3.63, 3.8) is 0 Å². The average molecular weight is 469 g/mol. The van der Waals surface area contributed by atoms with Gasteiger partial charge in [0, 0.05) is 50.5 Å². The molecule has 2 saturated heterocycles. The van der Waals surface area contributed by atoms with E-state index in [9.17, 15) is 0 Å². The Hall–Kier alpha value is -2.52. The van der Waals surface area contributed by atoms with Crippen LogP contribution in [0, 0.1) is 0 Å². The van der Waals surface area contributed by atoms with E-state index >= 15 is 0 Å². The van der Waals surface area contributed by atoms with E-state index < -0.39 is 0 Å². The maximum atomic E-state index is 6.07. The van der Waals surface area contributed by atoms with Crippen LogP contribution in [0.5, 0.6) is 0 Å². The number of halogens is 1. The molecule has 7 nitrogen and oxygen atoms in total. The Labute approximate surface area is 198 Å². The van der Waals surface area contributed by atoms with Crippen molar-refractivity contribution in [1.29, 1.82) is 0 Å². The van der Waals surface area contributed by atoms with Crippen molar-refractivity contribution in [2.75, 3.05) is 39.4 Å². The molecule has 3 aromatic rings. The predicted molar refractivity (Wildman–Crippen MR) is 128 cm³/mol. The molecule has 0 spiro atoms. The molecule has 0 amide bonds. The molecule has 32 heavy (non-hydrogen) atoms. The van der Waals surface area contributed by atoms with E-state index in [1.165, 1.54) is 0 Å². The third-order valence-corrected chi connectivity index (χ3v) is 6.58. The van der Waals surface area contributed by atoms with Crippen molar-refractivity contribution in [3.05, 3.63) is 77.5 Å². The van der Waals surface area contributed by atoms with E-state index in [1.807, 2.05) is 48.8 Å². The summed E-state index contributed by atoms with van der Waals surface area (Å²) in [6, 6.07) is 13.9. The number of thiocarbonyl (C=S) groups is 1. The van der Waals surface area contributed by atoms with Crippen LogP contribution in [0.2, 0.25) is 5.02 Å². The third kappa shape index (κ3) is 4.36. The molecule has 0 aliphatic carbocycles. The molecular formula is C23H25ClN6OS. The summed E-state index contributed by atoms with van der Waals surface area (Å²) in [5, 5.41) is 4.89. The van der Waals surface area contributed by atoms with E-state index in [0.717, 1.165) is 61.7 Å². The monoisotopic (exact) mass is 468 g/mol. The van der Waals surface area contributed by atoms with E-state index in [0.29, 0.717) is 5.02 Å². The summed E-state index contributed by atoms with van der Waals surface area (Å²) in [5.41, 5.74) is 2.07. The van der Waals surface area contributed by atoms with Crippen molar-refractivity contribution >= 4 is 28.9 Å². The normalized spacial score (nSPS) is 21.7. The number of pyridine rings is 2. The first kappa shape index (κ1) is 21.3. The number of ether oxygens (including phenoxy) is 1. The van der Waals surface area contributed by atoms with Crippen LogP contribution in [-0.4, -0.2) is 68.8 Å². The van der Waals surface area contributed by atoms with Crippen LogP contribution in [0.4, 0.5) is 0 Å². The zero-order valence-corrected chi connectivity index (χ0v) is 19.2. The second-order valence-corrected chi connectivity index (χ2v) is 8.73. The van der Waals surface area contributed by atoms with E-state index in [2.05, 4.69) is 35.7 Å². The number of rotatable bonds is 6. The van der Waals surface area contributed by atoms with Gasteiger partial charge in [-0.2, -0.15) is 0 Å². The zero-order chi connectivity index (χ0) is 21.9. The van der Waals surface area contributed by atoms with Gasteiger partial charge in [0.2, 0.25) is 0 Å². The fourth-order valence-corrected chi connectivity index (χ4v) is 4.84. The van der Waals surface area contributed by atoms with Gasteiger partial charge in [-0.05, 0) is 48.6 Å². The number of hydrogen-bond donors (Lipinski definition) is 1. The third-order valence-electron chi connectivity index (χ3n) is 6.00. The number of morpholine rings is 1. The fourth-order valence-electron chi connectivity index (χ4n) is 4.40. The number of nitrogens with zero attached hydrogens (tertiary/aromatic N) is 5. The Morgan fingerprint density at radius 1 is 1.06 bits per heavy atom. The Balaban J connectivity index is 1.49. The lowest BCUT2D eigenvalue weighted by atomic mass is 10.0. The number of hydrogen-bond acceptors (Lipinski definition) is 5. The van der Waals surface area contributed by atoms with Gasteiger partial charge in [-0.15, -0.1) is 0 Å². The van der Waals surface area contributed by atoms with Gasteiger partial charge in [0.25, 0.3) is 0 Å². The molecule has 0 unspecified atom stereocenters. The van der Waals surface area contributed by atoms with Crippen molar-refractivity contribution in [3.8, 4) is 5.82 Å². The summed E-state index contributed by atoms with van der Waals surface area (Å²) in [6.07, 6.45) is 5.53.